The monoisotopic (exact) mass is 363 g/mol. The normalized spacial score (nSPS) is 10.3. The molecule has 1 heterocycles. The van der Waals surface area contributed by atoms with Crippen LogP contribution in [-0.2, 0) is 0 Å². The zero-order valence-corrected chi connectivity index (χ0v) is 14.9. The number of nitrogens with zero attached hydrogens (tertiary/aromatic N) is 1. The molecule has 2 amide bonds. The van der Waals surface area contributed by atoms with Gasteiger partial charge in [-0.3, -0.25) is 9.59 Å². The van der Waals surface area contributed by atoms with E-state index in [1.807, 2.05) is 26.0 Å². The van der Waals surface area contributed by atoms with E-state index in [4.69, 9.17) is 0 Å². The first kappa shape index (κ1) is 18.3. The lowest BCUT2D eigenvalue weighted by molar-refractivity contribution is 0.101. The van der Waals surface area contributed by atoms with Crippen molar-refractivity contribution in [3.05, 3.63) is 89.0 Å². The Morgan fingerprint density at radius 2 is 1.48 bits per heavy atom. The molecule has 0 aliphatic rings. The Labute approximate surface area is 156 Å². The van der Waals surface area contributed by atoms with E-state index in [0.717, 1.165) is 11.1 Å². The third kappa shape index (κ3) is 4.36. The van der Waals surface area contributed by atoms with Crippen LogP contribution in [0.5, 0.6) is 0 Å². The van der Waals surface area contributed by atoms with Gasteiger partial charge in [-0.05, 0) is 61.4 Å². The number of hydrogen-bond acceptors (Lipinski definition) is 3. The van der Waals surface area contributed by atoms with Crippen molar-refractivity contribution in [2.24, 2.45) is 0 Å². The third-order valence-corrected chi connectivity index (χ3v) is 4.15. The van der Waals surface area contributed by atoms with E-state index in [9.17, 15) is 14.0 Å². The summed E-state index contributed by atoms with van der Waals surface area (Å²) < 4.78 is 13.2. The number of anilines is 2. The van der Waals surface area contributed by atoms with Gasteiger partial charge >= 0.3 is 0 Å². The van der Waals surface area contributed by atoms with Gasteiger partial charge in [0.05, 0.1) is 0 Å². The number of amides is 2. The molecule has 0 spiro atoms. The Morgan fingerprint density at radius 1 is 0.852 bits per heavy atom. The van der Waals surface area contributed by atoms with Crippen molar-refractivity contribution in [1.82, 2.24) is 4.98 Å². The van der Waals surface area contributed by atoms with E-state index in [-0.39, 0.29) is 11.4 Å². The predicted molar refractivity (Wildman–Crippen MR) is 102 cm³/mol. The largest absolute Gasteiger partial charge is 0.321 e. The molecule has 0 saturated heterocycles. The molecule has 0 bridgehead atoms. The van der Waals surface area contributed by atoms with Crippen LogP contribution in [0.1, 0.15) is 32.1 Å². The molecule has 2 N–H and O–H groups in total. The zero-order valence-electron chi connectivity index (χ0n) is 14.9. The van der Waals surface area contributed by atoms with E-state index in [1.54, 1.807) is 18.2 Å². The highest BCUT2D eigenvalue weighted by Crippen LogP contribution is 2.19. The van der Waals surface area contributed by atoms with Crippen LogP contribution in [0.3, 0.4) is 0 Å². The molecule has 3 rings (SSSR count). The highest BCUT2D eigenvalue weighted by molar-refractivity contribution is 6.06. The average Bonchev–Trinajstić information content (AvgIpc) is 2.65. The van der Waals surface area contributed by atoms with Gasteiger partial charge in [-0.2, -0.15) is 0 Å². The topological polar surface area (TPSA) is 71.1 Å². The zero-order chi connectivity index (χ0) is 19.4. The molecule has 0 aliphatic heterocycles. The molecule has 5 nitrogen and oxygen atoms in total. The molecule has 136 valence electrons. The van der Waals surface area contributed by atoms with Crippen molar-refractivity contribution in [2.75, 3.05) is 10.6 Å². The molecule has 0 aliphatic carbocycles. The van der Waals surface area contributed by atoms with Gasteiger partial charge in [-0.25, -0.2) is 9.37 Å². The second kappa shape index (κ2) is 7.78. The highest BCUT2D eigenvalue weighted by atomic mass is 19.1. The SMILES string of the molecule is Cc1cccc(NC(=O)c2cccc(C(=O)Nc3cccc(F)c3)n2)c1C. The molecule has 6 heteroatoms. The standard InChI is InChI=1S/C21H18FN3O2/c1-13-6-3-9-17(14(13)2)25-21(27)19-11-5-10-18(24-19)20(26)23-16-8-4-7-15(22)12-16/h3-12H,1-2H3,(H,23,26)(H,25,27). The van der Waals surface area contributed by atoms with Crippen molar-refractivity contribution >= 4 is 23.2 Å². The lowest BCUT2D eigenvalue weighted by Gasteiger charge is -2.10. The number of aromatic nitrogens is 1. The lowest BCUT2D eigenvalue weighted by Crippen LogP contribution is -2.19. The van der Waals surface area contributed by atoms with E-state index in [0.29, 0.717) is 11.4 Å². The van der Waals surface area contributed by atoms with Crippen molar-refractivity contribution in [3.63, 3.8) is 0 Å². The molecule has 0 saturated carbocycles. The van der Waals surface area contributed by atoms with Gasteiger partial charge < -0.3 is 10.6 Å². The van der Waals surface area contributed by atoms with Crippen LogP contribution >= 0.6 is 0 Å². The van der Waals surface area contributed by atoms with Crippen molar-refractivity contribution < 1.29 is 14.0 Å². The van der Waals surface area contributed by atoms with E-state index < -0.39 is 17.6 Å². The number of hydrogen-bond donors (Lipinski definition) is 2. The summed E-state index contributed by atoms with van der Waals surface area (Å²) in [5.41, 5.74) is 3.20. The Balaban J connectivity index is 1.77. The minimum atomic E-state index is -0.526. The summed E-state index contributed by atoms with van der Waals surface area (Å²) in [4.78, 5) is 29.0. The van der Waals surface area contributed by atoms with Crippen LogP contribution in [0.4, 0.5) is 15.8 Å². The lowest BCUT2D eigenvalue weighted by atomic mass is 10.1. The van der Waals surface area contributed by atoms with Gasteiger partial charge in [0.15, 0.2) is 0 Å². The van der Waals surface area contributed by atoms with Crippen LogP contribution in [0.25, 0.3) is 0 Å². The Kier molecular flexibility index (Phi) is 5.26. The third-order valence-electron chi connectivity index (χ3n) is 4.15. The molecule has 2 aromatic carbocycles. The molecular formula is C21H18FN3O2. The summed E-state index contributed by atoms with van der Waals surface area (Å²) in [5, 5.41) is 5.37. The second-order valence-corrected chi connectivity index (χ2v) is 6.07. The summed E-state index contributed by atoms with van der Waals surface area (Å²) >= 11 is 0. The predicted octanol–water partition coefficient (Wildman–Crippen LogP) is 4.34. The molecule has 1 aromatic heterocycles. The van der Waals surface area contributed by atoms with Gasteiger partial charge in [0.1, 0.15) is 17.2 Å². The second-order valence-electron chi connectivity index (χ2n) is 6.07. The number of pyridine rings is 1. The molecule has 27 heavy (non-hydrogen) atoms. The Morgan fingerprint density at radius 3 is 2.19 bits per heavy atom. The molecule has 0 fully saturated rings. The first-order valence-corrected chi connectivity index (χ1v) is 8.35. The molecule has 3 aromatic rings. The first-order chi connectivity index (χ1) is 12.9. The van der Waals surface area contributed by atoms with Gasteiger partial charge in [-0.1, -0.05) is 24.3 Å². The number of rotatable bonds is 4. The van der Waals surface area contributed by atoms with E-state index in [2.05, 4.69) is 15.6 Å². The summed E-state index contributed by atoms with van der Waals surface area (Å²) in [6, 6.07) is 15.8. The van der Waals surface area contributed by atoms with E-state index >= 15 is 0 Å². The smallest absolute Gasteiger partial charge is 0.274 e. The maximum atomic E-state index is 13.2. The van der Waals surface area contributed by atoms with Crippen LogP contribution in [0.15, 0.2) is 60.7 Å². The fourth-order valence-electron chi connectivity index (χ4n) is 2.52. The first-order valence-electron chi connectivity index (χ1n) is 8.35. The maximum Gasteiger partial charge on any atom is 0.274 e. The summed E-state index contributed by atoms with van der Waals surface area (Å²) in [6.45, 7) is 3.88. The molecule has 0 atom stereocenters. The quantitative estimate of drug-likeness (QED) is 0.724. The van der Waals surface area contributed by atoms with E-state index in [1.165, 1.54) is 30.3 Å². The Bertz CT molecular complexity index is 1020. The average molecular weight is 363 g/mol. The summed E-state index contributed by atoms with van der Waals surface area (Å²) in [6.07, 6.45) is 0. The number of benzene rings is 2. The molecular weight excluding hydrogens is 345 g/mol. The molecule has 0 unspecified atom stereocenters. The minimum absolute atomic E-state index is 0.0628. The fourth-order valence-corrected chi connectivity index (χ4v) is 2.52. The maximum absolute atomic E-state index is 13.2. The van der Waals surface area contributed by atoms with Gasteiger partial charge in [0.2, 0.25) is 0 Å². The summed E-state index contributed by atoms with van der Waals surface area (Å²) in [5.74, 6) is -1.39. The number of aryl methyl sites for hydroxylation is 1. The highest BCUT2D eigenvalue weighted by Gasteiger charge is 2.14. The van der Waals surface area contributed by atoms with Gasteiger partial charge in [0.25, 0.3) is 11.8 Å². The Hall–Kier alpha value is -3.54. The number of carbonyl (C=O) groups is 2. The van der Waals surface area contributed by atoms with Crippen LogP contribution in [0, 0.1) is 19.7 Å². The number of carbonyl (C=O) groups excluding carboxylic acids is 2. The van der Waals surface area contributed by atoms with Gasteiger partial charge in [-0.15, -0.1) is 0 Å². The van der Waals surface area contributed by atoms with Crippen molar-refractivity contribution in [3.8, 4) is 0 Å². The van der Waals surface area contributed by atoms with Crippen molar-refractivity contribution in [2.45, 2.75) is 13.8 Å². The van der Waals surface area contributed by atoms with Crippen LogP contribution in [-0.4, -0.2) is 16.8 Å². The van der Waals surface area contributed by atoms with Crippen LogP contribution in [0.2, 0.25) is 0 Å². The molecule has 0 radical (unpaired) electrons. The van der Waals surface area contributed by atoms with Crippen molar-refractivity contribution in [1.29, 1.82) is 0 Å². The van der Waals surface area contributed by atoms with Gasteiger partial charge in [0, 0.05) is 11.4 Å². The fraction of sp³-hybridized carbons (Fsp3) is 0.0952. The number of nitrogens with one attached hydrogen (secondary N) is 2. The minimum Gasteiger partial charge on any atom is -0.321 e. The number of halogens is 1. The van der Waals surface area contributed by atoms with Crippen LogP contribution < -0.4 is 10.6 Å². The summed E-state index contributed by atoms with van der Waals surface area (Å²) in [7, 11) is 0.